The molecule has 0 heterocycles. The van der Waals surface area contributed by atoms with Gasteiger partial charge in [-0.05, 0) is 69.7 Å². The second kappa shape index (κ2) is 9.41. The Labute approximate surface area is 181 Å². The Kier molecular flexibility index (Phi) is 7.65. The van der Waals surface area contributed by atoms with E-state index in [1.165, 1.54) is 11.8 Å². The summed E-state index contributed by atoms with van der Waals surface area (Å²) in [6, 6.07) is 10.1. The molecule has 0 aliphatic carbocycles. The lowest BCUT2D eigenvalue weighted by atomic mass is 10.2. The largest absolute Gasteiger partial charge is 0.481 e. The standard InChI is InChI=1S/C21H25ClO5S2/c1-6-29(24,25)16-8-10-18(14(2)11-16)28-19-12-15(22)7-9-17(19)26-13-20(23)27-21(3,4)5/h7-12H,6,13H2,1-5H3. The Bertz CT molecular complexity index is 995. The molecule has 158 valence electrons. The van der Waals surface area contributed by atoms with Crippen LogP contribution in [-0.2, 0) is 19.4 Å². The van der Waals surface area contributed by atoms with Gasteiger partial charge in [-0.15, -0.1) is 0 Å². The summed E-state index contributed by atoms with van der Waals surface area (Å²) in [6.45, 7) is 8.62. The van der Waals surface area contributed by atoms with E-state index in [4.69, 9.17) is 21.1 Å². The van der Waals surface area contributed by atoms with Crippen LogP contribution in [0, 0.1) is 6.92 Å². The molecule has 2 rings (SSSR count). The molecule has 5 nitrogen and oxygen atoms in total. The van der Waals surface area contributed by atoms with Gasteiger partial charge in [0, 0.05) is 9.92 Å². The Morgan fingerprint density at radius 3 is 2.38 bits per heavy atom. The van der Waals surface area contributed by atoms with Crippen molar-refractivity contribution in [1.82, 2.24) is 0 Å². The summed E-state index contributed by atoms with van der Waals surface area (Å²) in [5, 5.41) is 0.528. The number of ether oxygens (including phenoxy) is 2. The first-order chi connectivity index (χ1) is 13.4. The number of aryl methyl sites for hydroxylation is 1. The Balaban J connectivity index is 2.23. The number of carbonyl (C=O) groups excluding carboxylic acids is 1. The highest BCUT2D eigenvalue weighted by molar-refractivity contribution is 7.99. The van der Waals surface area contributed by atoms with Crippen molar-refractivity contribution in [2.45, 2.75) is 54.9 Å². The van der Waals surface area contributed by atoms with Crippen LogP contribution in [0.25, 0.3) is 0 Å². The Morgan fingerprint density at radius 2 is 1.79 bits per heavy atom. The molecule has 29 heavy (non-hydrogen) atoms. The van der Waals surface area contributed by atoms with Crippen molar-refractivity contribution < 1.29 is 22.7 Å². The van der Waals surface area contributed by atoms with E-state index < -0.39 is 21.4 Å². The number of benzene rings is 2. The molecule has 0 aromatic heterocycles. The van der Waals surface area contributed by atoms with E-state index in [1.54, 1.807) is 64.1 Å². The molecule has 0 radical (unpaired) electrons. The van der Waals surface area contributed by atoms with Crippen molar-refractivity contribution in [2.24, 2.45) is 0 Å². The van der Waals surface area contributed by atoms with Crippen LogP contribution in [0.3, 0.4) is 0 Å². The van der Waals surface area contributed by atoms with Crippen molar-refractivity contribution in [3.63, 3.8) is 0 Å². The lowest BCUT2D eigenvalue weighted by Crippen LogP contribution is -2.27. The number of halogens is 1. The molecule has 0 saturated heterocycles. The summed E-state index contributed by atoms with van der Waals surface area (Å²) in [5.74, 6) is 0.0826. The summed E-state index contributed by atoms with van der Waals surface area (Å²) < 4.78 is 35.1. The lowest BCUT2D eigenvalue weighted by Gasteiger charge is -2.20. The van der Waals surface area contributed by atoms with Crippen LogP contribution < -0.4 is 4.74 Å². The van der Waals surface area contributed by atoms with E-state index in [0.29, 0.717) is 15.7 Å². The van der Waals surface area contributed by atoms with Crippen LogP contribution in [0.4, 0.5) is 0 Å². The summed E-state index contributed by atoms with van der Waals surface area (Å²) >= 11 is 7.53. The Morgan fingerprint density at radius 1 is 1.10 bits per heavy atom. The van der Waals surface area contributed by atoms with Gasteiger partial charge in [0.1, 0.15) is 11.4 Å². The molecule has 8 heteroatoms. The molecule has 0 spiro atoms. The molecule has 0 atom stereocenters. The molecular weight excluding hydrogens is 432 g/mol. The minimum absolute atomic E-state index is 0.0515. The number of sulfone groups is 1. The van der Waals surface area contributed by atoms with E-state index in [9.17, 15) is 13.2 Å². The van der Waals surface area contributed by atoms with Gasteiger partial charge in [0.05, 0.1) is 15.5 Å². The summed E-state index contributed by atoms with van der Waals surface area (Å²) in [4.78, 5) is 13.8. The Hall–Kier alpha value is -1.70. The first kappa shape index (κ1) is 23.6. The van der Waals surface area contributed by atoms with Gasteiger partial charge in [-0.3, -0.25) is 0 Å². The van der Waals surface area contributed by atoms with Crippen molar-refractivity contribution in [3.05, 3.63) is 47.0 Å². The molecule has 0 aliphatic heterocycles. The topological polar surface area (TPSA) is 69.7 Å². The summed E-state index contributed by atoms with van der Waals surface area (Å²) in [6.07, 6.45) is 0. The zero-order valence-electron chi connectivity index (χ0n) is 17.1. The van der Waals surface area contributed by atoms with Crippen molar-refractivity contribution in [1.29, 1.82) is 0 Å². The maximum Gasteiger partial charge on any atom is 0.344 e. The summed E-state index contributed by atoms with van der Waals surface area (Å²) in [7, 11) is -3.26. The third-order valence-corrected chi connectivity index (χ3v) is 6.96. The zero-order valence-corrected chi connectivity index (χ0v) is 19.5. The van der Waals surface area contributed by atoms with Crippen LogP contribution in [0.5, 0.6) is 5.75 Å². The van der Waals surface area contributed by atoms with Gasteiger partial charge in [-0.1, -0.05) is 30.3 Å². The summed E-state index contributed by atoms with van der Waals surface area (Å²) in [5.41, 5.74) is 0.234. The molecule has 0 N–H and O–H groups in total. The van der Waals surface area contributed by atoms with Crippen molar-refractivity contribution >= 4 is 39.2 Å². The van der Waals surface area contributed by atoms with Gasteiger partial charge < -0.3 is 9.47 Å². The highest BCUT2D eigenvalue weighted by Gasteiger charge is 2.18. The first-order valence-corrected chi connectivity index (χ1v) is 11.9. The van der Waals surface area contributed by atoms with Gasteiger partial charge >= 0.3 is 5.97 Å². The fraction of sp³-hybridized carbons (Fsp3) is 0.381. The van der Waals surface area contributed by atoms with Crippen LogP contribution >= 0.6 is 23.4 Å². The SMILES string of the molecule is CCS(=O)(=O)c1ccc(Sc2cc(Cl)ccc2OCC(=O)OC(C)(C)C)c(C)c1. The van der Waals surface area contributed by atoms with E-state index in [-0.39, 0.29) is 12.4 Å². The predicted molar refractivity (Wildman–Crippen MR) is 116 cm³/mol. The smallest absolute Gasteiger partial charge is 0.344 e. The maximum atomic E-state index is 12.1. The minimum Gasteiger partial charge on any atom is -0.481 e. The van der Waals surface area contributed by atoms with Crippen LogP contribution in [0.2, 0.25) is 5.02 Å². The fourth-order valence-electron chi connectivity index (χ4n) is 2.40. The van der Waals surface area contributed by atoms with Gasteiger partial charge in [-0.2, -0.15) is 0 Å². The number of esters is 1. The number of rotatable bonds is 7. The van der Waals surface area contributed by atoms with Crippen molar-refractivity contribution in [2.75, 3.05) is 12.4 Å². The predicted octanol–water partition coefficient (Wildman–Crippen LogP) is 5.31. The molecule has 0 amide bonds. The molecule has 0 saturated carbocycles. The first-order valence-electron chi connectivity index (χ1n) is 9.07. The molecule has 2 aromatic rings. The number of carbonyl (C=O) groups is 1. The highest BCUT2D eigenvalue weighted by atomic mass is 35.5. The van der Waals surface area contributed by atoms with Gasteiger partial charge in [0.25, 0.3) is 0 Å². The van der Waals surface area contributed by atoms with E-state index in [0.717, 1.165) is 15.4 Å². The van der Waals surface area contributed by atoms with Crippen LogP contribution in [0.15, 0.2) is 51.1 Å². The lowest BCUT2D eigenvalue weighted by molar-refractivity contribution is -0.157. The second-order valence-corrected chi connectivity index (χ2v) is 11.2. The van der Waals surface area contributed by atoms with Crippen LogP contribution in [0.1, 0.15) is 33.3 Å². The minimum atomic E-state index is -3.26. The third-order valence-electron chi connectivity index (χ3n) is 3.78. The normalized spacial score (nSPS) is 11.9. The third kappa shape index (κ3) is 6.94. The number of hydrogen-bond donors (Lipinski definition) is 0. The quantitative estimate of drug-likeness (QED) is 0.525. The van der Waals surface area contributed by atoms with E-state index >= 15 is 0 Å². The molecule has 0 bridgehead atoms. The van der Waals surface area contributed by atoms with Gasteiger partial charge in [0.2, 0.25) is 0 Å². The van der Waals surface area contributed by atoms with E-state index in [2.05, 4.69) is 0 Å². The second-order valence-electron chi connectivity index (χ2n) is 7.40. The van der Waals surface area contributed by atoms with Gasteiger partial charge in [-0.25, -0.2) is 13.2 Å². The molecule has 0 aliphatic rings. The van der Waals surface area contributed by atoms with Crippen LogP contribution in [-0.4, -0.2) is 32.3 Å². The average molecular weight is 457 g/mol. The molecule has 0 unspecified atom stereocenters. The molecular formula is C21H25ClO5S2. The average Bonchev–Trinajstić information content (AvgIpc) is 2.61. The van der Waals surface area contributed by atoms with E-state index in [1.807, 2.05) is 6.92 Å². The molecule has 0 fully saturated rings. The maximum absolute atomic E-state index is 12.1. The zero-order chi connectivity index (χ0) is 21.8. The fourth-order valence-corrected chi connectivity index (χ4v) is 4.61. The highest BCUT2D eigenvalue weighted by Crippen LogP contribution is 2.38. The van der Waals surface area contributed by atoms with Gasteiger partial charge in [0.15, 0.2) is 16.4 Å². The van der Waals surface area contributed by atoms with Crippen molar-refractivity contribution in [3.8, 4) is 5.75 Å². The molecule has 2 aromatic carbocycles. The monoisotopic (exact) mass is 456 g/mol. The number of hydrogen-bond acceptors (Lipinski definition) is 6.